The van der Waals surface area contributed by atoms with E-state index in [0.717, 1.165) is 17.8 Å². The minimum atomic E-state index is -0.349. The number of rotatable bonds is 6. The number of hydrogen-bond donors (Lipinski definition) is 2. The number of halogens is 1. The van der Waals surface area contributed by atoms with Gasteiger partial charge in [-0.3, -0.25) is 9.78 Å². The van der Waals surface area contributed by atoms with Crippen molar-refractivity contribution in [1.29, 1.82) is 0 Å². The highest BCUT2D eigenvalue weighted by atomic mass is 19.1. The molecule has 0 unspecified atom stereocenters. The number of anilines is 2. The minimum absolute atomic E-state index is 0.114. The summed E-state index contributed by atoms with van der Waals surface area (Å²) in [5.74, 6) is -0.690. The molecule has 5 heteroatoms. The topological polar surface area (TPSA) is 54.0 Å². The number of carbonyl (C=O) groups excluding carboxylic acids is 1. The van der Waals surface area contributed by atoms with Gasteiger partial charge < -0.3 is 10.6 Å². The molecule has 0 saturated heterocycles. The lowest BCUT2D eigenvalue weighted by atomic mass is 10.1. The summed E-state index contributed by atoms with van der Waals surface area (Å²) in [5.41, 5.74) is 3.67. The molecule has 4 nitrogen and oxygen atoms in total. The fourth-order valence-electron chi connectivity index (χ4n) is 2.53. The van der Waals surface area contributed by atoms with E-state index >= 15 is 0 Å². The quantitative estimate of drug-likeness (QED) is 0.691. The molecule has 0 atom stereocenters. The van der Waals surface area contributed by atoms with Gasteiger partial charge in [-0.2, -0.15) is 0 Å². The van der Waals surface area contributed by atoms with Crippen LogP contribution in [0.4, 0.5) is 15.8 Å². The molecule has 3 aromatic rings. The van der Waals surface area contributed by atoms with Gasteiger partial charge in [0.15, 0.2) is 0 Å². The van der Waals surface area contributed by atoms with Crippen molar-refractivity contribution in [3.05, 3.63) is 89.5 Å². The smallest absolute Gasteiger partial charge is 0.270 e. The average molecular weight is 349 g/mol. The van der Waals surface area contributed by atoms with Gasteiger partial charge in [-0.15, -0.1) is 0 Å². The number of nitrogens with one attached hydrogen (secondary N) is 2. The van der Waals surface area contributed by atoms with Crippen molar-refractivity contribution >= 4 is 17.3 Å². The summed E-state index contributed by atoms with van der Waals surface area (Å²) in [7, 11) is 0. The number of aryl methyl sites for hydroxylation is 1. The van der Waals surface area contributed by atoms with Gasteiger partial charge in [0.1, 0.15) is 11.5 Å². The van der Waals surface area contributed by atoms with Crippen LogP contribution >= 0.6 is 0 Å². The van der Waals surface area contributed by atoms with Crippen LogP contribution < -0.4 is 10.6 Å². The van der Waals surface area contributed by atoms with Gasteiger partial charge in [-0.05, 0) is 42.3 Å². The van der Waals surface area contributed by atoms with Crippen molar-refractivity contribution in [2.45, 2.75) is 19.9 Å². The Hall–Kier alpha value is -3.21. The lowest BCUT2D eigenvalue weighted by Crippen LogP contribution is -2.24. The van der Waals surface area contributed by atoms with Gasteiger partial charge in [0.05, 0.1) is 0 Å². The van der Waals surface area contributed by atoms with Gasteiger partial charge in [-0.1, -0.05) is 37.3 Å². The summed E-state index contributed by atoms with van der Waals surface area (Å²) in [6.45, 7) is 2.22. The maximum atomic E-state index is 13.6. The number of pyridine rings is 1. The lowest BCUT2D eigenvalue weighted by Gasteiger charge is -2.09. The predicted molar refractivity (Wildman–Crippen MR) is 101 cm³/mol. The van der Waals surface area contributed by atoms with Gasteiger partial charge in [-0.25, -0.2) is 4.39 Å². The zero-order valence-electron chi connectivity index (χ0n) is 14.5. The fourth-order valence-corrected chi connectivity index (χ4v) is 2.53. The van der Waals surface area contributed by atoms with Crippen LogP contribution in [0.15, 0.2) is 66.9 Å². The Morgan fingerprint density at radius 2 is 1.81 bits per heavy atom. The van der Waals surface area contributed by atoms with E-state index in [4.69, 9.17) is 0 Å². The Kier molecular flexibility index (Phi) is 5.59. The Balaban J connectivity index is 1.66. The lowest BCUT2D eigenvalue weighted by molar-refractivity contribution is 0.0945. The number of benzene rings is 2. The second-order valence-corrected chi connectivity index (χ2v) is 5.88. The normalized spacial score (nSPS) is 10.4. The van der Waals surface area contributed by atoms with Crippen LogP contribution in [0, 0.1) is 5.82 Å². The third-order valence-electron chi connectivity index (χ3n) is 4.04. The molecule has 0 radical (unpaired) electrons. The molecular formula is C21H20FN3O. The Morgan fingerprint density at radius 1 is 1.04 bits per heavy atom. The van der Waals surface area contributed by atoms with Crippen molar-refractivity contribution in [1.82, 2.24) is 10.3 Å². The first-order chi connectivity index (χ1) is 12.7. The van der Waals surface area contributed by atoms with Crippen molar-refractivity contribution in [3.63, 3.8) is 0 Å². The van der Waals surface area contributed by atoms with Crippen LogP contribution in [0.1, 0.15) is 28.5 Å². The molecule has 0 aliphatic rings. The SMILES string of the molecule is CCc1ccc(Nc2ccnc(C(=O)NCc3ccccc3F)c2)cc1. The van der Waals surface area contributed by atoms with E-state index in [9.17, 15) is 9.18 Å². The molecule has 1 aromatic heterocycles. The molecule has 3 rings (SSSR count). The van der Waals surface area contributed by atoms with Crippen molar-refractivity contribution in [2.24, 2.45) is 0 Å². The molecule has 0 bridgehead atoms. The van der Waals surface area contributed by atoms with Crippen LogP contribution in [0.25, 0.3) is 0 Å². The van der Waals surface area contributed by atoms with E-state index in [2.05, 4.69) is 34.7 Å². The number of aromatic nitrogens is 1. The van der Waals surface area contributed by atoms with Gasteiger partial charge in [0, 0.05) is 29.7 Å². The van der Waals surface area contributed by atoms with Gasteiger partial charge in [0.2, 0.25) is 0 Å². The second kappa shape index (κ2) is 8.25. The van der Waals surface area contributed by atoms with Crippen LogP contribution in [0.5, 0.6) is 0 Å². The Labute approximate surface area is 152 Å². The zero-order chi connectivity index (χ0) is 18.4. The maximum absolute atomic E-state index is 13.6. The summed E-state index contributed by atoms with van der Waals surface area (Å²) in [4.78, 5) is 16.4. The molecule has 0 aliphatic heterocycles. The van der Waals surface area contributed by atoms with E-state index < -0.39 is 0 Å². The second-order valence-electron chi connectivity index (χ2n) is 5.88. The molecule has 0 fully saturated rings. The molecular weight excluding hydrogens is 329 g/mol. The highest BCUT2D eigenvalue weighted by molar-refractivity contribution is 5.93. The molecule has 0 spiro atoms. The third kappa shape index (κ3) is 4.45. The summed E-state index contributed by atoms with van der Waals surface area (Å²) in [6.07, 6.45) is 2.56. The molecule has 2 N–H and O–H groups in total. The van der Waals surface area contributed by atoms with E-state index in [1.807, 2.05) is 12.1 Å². The molecule has 1 amide bonds. The third-order valence-corrected chi connectivity index (χ3v) is 4.04. The van der Waals surface area contributed by atoms with E-state index in [-0.39, 0.29) is 24.0 Å². The van der Waals surface area contributed by atoms with Crippen LogP contribution in [0.3, 0.4) is 0 Å². The molecule has 1 heterocycles. The minimum Gasteiger partial charge on any atom is -0.355 e. The molecule has 0 aliphatic carbocycles. The summed E-state index contributed by atoms with van der Waals surface area (Å²) in [5, 5.41) is 5.95. The summed E-state index contributed by atoms with van der Waals surface area (Å²) < 4.78 is 13.6. The molecule has 26 heavy (non-hydrogen) atoms. The summed E-state index contributed by atoms with van der Waals surface area (Å²) >= 11 is 0. The van der Waals surface area contributed by atoms with Gasteiger partial charge in [0.25, 0.3) is 5.91 Å². The van der Waals surface area contributed by atoms with Crippen molar-refractivity contribution in [2.75, 3.05) is 5.32 Å². The van der Waals surface area contributed by atoms with Crippen LogP contribution in [0.2, 0.25) is 0 Å². The largest absolute Gasteiger partial charge is 0.355 e. The number of nitrogens with zero attached hydrogens (tertiary/aromatic N) is 1. The van der Waals surface area contributed by atoms with Crippen molar-refractivity contribution < 1.29 is 9.18 Å². The number of carbonyl (C=O) groups is 1. The van der Waals surface area contributed by atoms with Crippen LogP contribution in [-0.4, -0.2) is 10.9 Å². The van der Waals surface area contributed by atoms with E-state index in [1.165, 1.54) is 11.6 Å². The first kappa shape index (κ1) is 17.6. The van der Waals surface area contributed by atoms with E-state index in [0.29, 0.717) is 5.56 Å². The molecule has 2 aromatic carbocycles. The maximum Gasteiger partial charge on any atom is 0.270 e. The predicted octanol–water partition coefficient (Wildman–Crippen LogP) is 4.46. The van der Waals surface area contributed by atoms with E-state index in [1.54, 1.807) is 36.5 Å². The van der Waals surface area contributed by atoms with Crippen molar-refractivity contribution in [3.8, 4) is 0 Å². The first-order valence-corrected chi connectivity index (χ1v) is 8.49. The summed E-state index contributed by atoms with van der Waals surface area (Å²) in [6, 6.07) is 17.9. The average Bonchev–Trinajstić information content (AvgIpc) is 2.68. The first-order valence-electron chi connectivity index (χ1n) is 8.49. The number of amides is 1. The Bertz CT molecular complexity index is 894. The molecule has 132 valence electrons. The monoisotopic (exact) mass is 349 g/mol. The highest BCUT2D eigenvalue weighted by Gasteiger charge is 2.09. The Morgan fingerprint density at radius 3 is 2.54 bits per heavy atom. The zero-order valence-corrected chi connectivity index (χ0v) is 14.5. The van der Waals surface area contributed by atoms with Gasteiger partial charge >= 0.3 is 0 Å². The fraction of sp³-hybridized carbons (Fsp3) is 0.143. The molecule has 0 saturated carbocycles. The van der Waals surface area contributed by atoms with Crippen LogP contribution in [-0.2, 0) is 13.0 Å². The highest BCUT2D eigenvalue weighted by Crippen LogP contribution is 2.17. The standard InChI is InChI=1S/C21H20FN3O/c1-2-15-7-9-17(10-8-15)25-18-11-12-23-20(13-18)21(26)24-14-16-5-3-4-6-19(16)22/h3-13H,2,14H2,1H3,(H,23,25)(H,24,26). The number of hydrogen-bond acceptors (Lipinski definition) is 3.